The van der Waals surface area contributed by atoms with Crippen LogP contribution in [-0.4, -0.2) is 30.0 Å². The van der Waals surface area contributed by atoms with Gasteiger partial charge in [0.1, 0.15) is 6.33 Å². The van der Waals surface area contributed by atoms with Crippen LogP contribution >= 0.6 is 0 Å². The van der Waals surface area contributed by atoms with E-state index in [0.29, 0.717) is 16.9 Å². The van der Waals surface area contributed by atoms with Gasteiger partial charge in [-0.2, -0.15) is 14.9 Å². The molecule has 8 heteroatoms. The maximum Gasteiger partial charge on any atom is 0.350 e. The van der Waals surface area contributed by atoms with Crippen LogP contribution in [0.2, 0.25) is 0 Å². The minimum atomic E-state index is -0.261. The monoisotopic (exact) mass is 374 g/mol. The Morgan fingerprint density at radius 2 is 1.79 bits per heavy atom. The first-order valence-electron chi connectivity index (χ1n) is 8.66. The zero-order valence-corrected chi connectivity index (χ0v) is 15.4. The van der Waals surface area contributed by atoms with Gasteiger partial charge >= 0.3 is 5.69 Å². The number of benzene rings is 2. The highest BCUT2D eigenvalue weighted by Crippen LogP contribution is 2.15. The fourth-order valence-electron chi connectivity index (χ4n) is 2.84. The van der Waals surface area contributed by atoms with E-state index in [1.54, 1.807) is 42.2 Å². The van der Waals surface area contributed by atoms with E-state index in [2.05, 4.69) is 15.5 Å². The Bertz CT molecular complexity index is 1200. The summed E-state index contributed by atoms with van der Waals surface area (Å²) in [4.78, 5) is 24.5. The molecule has 0 unspecified atom stereocenters. The molecule has 0 spiro atoms. The number of para-hydroxylation sites is 1. The largest absolute Gasteiger partial charge is 0.350 e. The molecule has 0 aliphatic heterocycles. The zero-order chi connectivity index (χ0) is 19.7. The number of hydrogen-bond acceptors (Lipinski definition) is 4. The minimum absolute atomic E-state index is 0.236. The molecule has 140 valence electrons. The van der Waals surface area contributed by atoms with Gasteiger partial charge in [-0.15, -0.1) is 0 Å². The van der Waals surface area contributed by atoms with Gasteiger partial charge in [0.2, 0.25) is 0 Å². The predicted octanol–water partition coefficient (Wildman–Crippen LogP) is 2.32. The molecule has 0 saturated carbocycles. The van der Waals surface area contributed by atoms with Crippen molar-refractivity contribution in [3.63, 3.8) is 0 Å². The van der Waals surface area contributed by atoms with Crippen LogP contribution in [0.25, 0.3) is 11.4 Å². The van der Waals surface area contributed by atoms with Gasteiger partial charge in [-0.3, -0.25) is 9.36 Å². The van der Waals surface area contributed by atoms with Crippen LogP contribution < -0.4 is 11.0 Å². The van der Waals surface area contributed by atoms with Crippen LogP contribution in [0.15, 0.2) is 72.0 Å². The van der Waals surface area contributed by atoms with Crippen molar-refractivity contribution < 1.29 is 4.79 Å². The molecular weight excluding hydrogens is 356 g/mol. The third kappa shape index (κ3) is 3.23. The molecule has 0 aliphatic rings. The van der Waals surface area contributed by atoms with Crippen molar-refractivity contribution in [2.75, 3.05) is 5.32 Å². The summed E-state index contributed by atoms with van der Waals surface area (Å²) in [6.07, 6.45) is 4.67. The lowest BCUT2D eigenvalue weighted by Crippen LogP contribution is -2.21. The smallest absolute Gasteiger partial charge is 0.322 e. The van der Waals surface area contributed by atoms with E-state index >= 15 is 0 Å². The second kappa shape index (κ2) is 6.99. The highest BCUT2D eigenvalue weighted by Gasteiger charge is 2.11. The number of anilines is 1. The van der Waals surface area contributed by atoms with E-state index in [-0.39, 0.29) is 11.6 Å². The van der Waals surface area contributed by atoms with E-state index in [0.717, 1.165) is 11.3 Å². The SMILES string of the molecule is Cc1ccccc1-n1cc(C(=O)Nc2ccc(-n3ncn(C)c3=O)cc2)cn1. The van der Waals surface area contributed by atoms with Gasteiger partial charge in [0, 0.05) is 18.9 Å². The van der Waals surface area contributed by atoms with Crippen LogP contribution in [0.1, 0.15) is 15.9 Å². The first kappa shape index (κ1) is 17.5. The lowest BCUT2D eigenvalue weighted by atomic mass is 10.2. The number of nitrogens with zero attached hydrogens (tertiary/aromatic N) is 5. The molecule has 1 N–H and O–H groups in total. The van der Waals surface area contributed by atoms with Crippen LogP contribution in [0.4, 0.5) is 5.69 Å². The summed E-state index contributed by atoms with van der Waals surface area (Å²) in [5.74, 6) is -0.261. The third-order valence-electron chi connectivity index (χ3n) is 4.40. The quantitative estimate of drug-likeness (QED) is 0.594. The maximum atomic E-state index is 12.5. The molecule has 4 rings (SSSR count). The van der Waals surface area contributed by atoms with E-state index < -0.39 is 0 Å². The molecule has 0 aliphatic carbocycles. The molecule has 2 heterocycles. The molecule has 0 fully saturated rings. The summed E-state index contributed by atoms with van der Waals surface area (Å²) in [5.41, 5.74) is 3.44. The summed E-state index contributed by atoms with van der Waals surface area (Å²) < 4.78 is 4.36. The number of carbonyl (C=O) groups is 1. The Morgan fingerprint density at radius 1 is 1.04 bits per heavy atom. The summed E-state index contributed by atoms with van der Waals surface area (Å²) >= 11 is 0. The van der Waals surface area contributed by atoms with E-state index in [9.17, 15) is 9.59 Å². The number of aryl methyl sites for hydroxylation is 2. The molecule has 8 nitrogen and oxygen atoms in total. The van der Waals surface area contributed by atoms with Crippen molar-refractivity contribution >= 4 is 11.6 Å². The Labute approximate surface area is 160 Å². The average molecular weight is 374 g/mol. The fourth-order valence-corrected chi connectivity index (χ4v) is 2.84. The van der Waals surface area contributed by atoms with Gasteiger partial charge in [0.25, 0.3) is 5.91 Å². The third-order valence-corrected chi connectivity index (χ3v) is 4.40. The molecule has 1 amide bonds. The van der Waals surface area contributed by atoms with Gasteiger partial charge in [0.15, 0.2) is 0 Å². The second-order valence-corrected chi connectivity index (χ2v) is 6.40. The topological polar surface area (TPSA) is 86.7 Å². The van der Waals surface area contributed by atoms with Gasteiger partial charge < -0.3 is 5.32 Å². The summed E-state index contributed by atoms with van der Waals surface area (Å²) in [6, 6.07) is 14.7. The van der Waals surface area contributed by atoms with Gasteiger partial charge in [0.05, 0.1) is 23.1 Å². The van der Waals surface area contributed by atoms with Gasteiger partial charge in [-0.1, -0.05) is 18.2 Å². The highest BCUT2D eigenvalue weighted by atomic mass is 16.2. The van der Waals surface area contributed by atoms with Gasteiger partial charge in [-0.05, 0) is 42.8 Å². The number of carbonyl (C=O) groups excluding carboxylic acids is 1. The van der Waals surface area contributed by atoms with Crippen molar-refractivity contribution in [1.82, 2.24) is 24.1 Å². The van der Waals surface area contributed by atoms with Crippen LogP contribution in [0.3, 0.4) is 0 Å². The van der Waals surface area contributed by atoms with Crippen LogP contribution in [0.5, 0.6) is 0 Å². The predicted molar refractivity (Wildman–Crippen MR) is 105 cm³/mol. The van der Waals surface area contributed by atoms with Crippen LogP contribution in [0, 0.1) is 6.92 Å². The first-order chi connectivity index (χ1) is 13.5. The number of rotatable bonds is 4. The molecular formula is C20H18N6O2. The Hall–Kier alpha value is -3.94. The zero-order valence-electron chi connectivity index (χ0n) is 15.4. The molecule has 0 saturated heterocycles. The van der Waals surface area contributed by atoms with Crippen molar-refractivity contribution in [1.29, 1.82) is 0 Å². The number of amides is 1. The molecule has 0 bridgehead atoms. The summed E-state index contributed by atoms with van der Waals surface area (Å²) in [6.45, 7) is 1.99. The Balaban J connectivity index is 1.51. The molecule has 2 aromatic heterocycles. The first-order valence-corrected chi connectivity index (χ1v) is 8.66. The van der Waals surface area contributed by atoms with Crippen molar-refractivity contribution in [2.45, 2.75) is 6.92 Å². The fraction of sp³-hybridized carbons (Fsp3) is 0.100. The average Bonchev–Trinajstić information content (AvgIpc) is 3.31. The van der Waals surface area contributed by atoms with E-state index in [1.165, 1.54) is 21.8 Å². The molecule has 0 atom stereocenters. The summed E-state index contributed by atoms with van der Waals surface area (Å²) in [5, 5.41) is 11.1. The number of hydrogen-bond donors (Lipinski definition) is 1. The molecule has 28 heavy (non-hydrogen) atoms. The standard InChI is InChI=1S/C20H18N6O2/c1-14-5-3-4-6-18(14)25-12-15(11-21-25)19(27)23-16-7-9-17(10-8-16)26-20(28)24(2)13-22-26/h3-13H,1-2H3,(H,23,27). The second-order valence-electron chi connectivity index (χ2n) is 6.40. The Morgan fingerprint density at radius 3 is 2.46 bits per heavy atom. The lowest BCUT2D eigenvalue weighted by molar-refractivity contribution is 0.102. The Kier molecular flexibility index (Phi) is 4.36. The van der Waals surface area contributed by atoms with Crippen molar-refractivity contribution in [3.8, 4) is 11.4 Å². The molecule has 2 aromatic carbocycles. The maximum absolute atomic E-state index is 12.5. The van der Waals surface area contributed by atoms with Crippen molar-refractivity contribution in [2.24, 2.45) is 7.05 Å². The van der Waals surface area contributed by atoms with E-state index in [4.69, 9.17) is 0 Å². The minimum Gasteiger partial charge on any atom is -0.322 e. The van der Waals surface area contributed by atoms with Crippen molar-refractivity contribution in [3.05, 3.63) is 88.9 Å². The number of aromatic nitrogens is 5. The number of nitrogens with one attached hydrogen (secondary N) is 1. The van der Waals surface area contributed by atoms with Gasteiger partial charge in [-0.25, -0.2) is 9.48 Å². The lowest BCUT2D eigenvalue weighted by Gasteiger charge is -2.06. The molecule has 4 aromatic rings. The van der Waals surface area contributed by atoms with E-state index in [1.807, 2.05) is 31.2 Å². The summed E-state index contributed by atoms with van der Waals surface area (Å²) in [7, 11) is 1.64. The highest BCUT2D eigenvalue weighted by molar-refractivity contribution is 6.04. The normalized spacial score (nSPS) is 10.8. The molecule has 0 radical (unpaired) electrons. The van der Waals surface area contributed by atoms with Crippen LogP contribution in [-0.2, 0) is 7.05 Å².